The molecular weight excluding hydrogens is 314 g/mol. The van der Waals surface area contributed by atoms with Gasteiger partial charge >= 0.3 is 0 Å². The normalized spacial score (nSPS) is 11.0. The zero-order chi connectivity index (χ0) is 17.6. The van der Waals surface area contributed by atoms with Crippen LogP contribution in [0.5, 0.6) is 5.75 Å². The van der Waals surface area contributed by atoms with Crippen molar-refractivity contribution >= 4 is 16.9 Å². The molecule has 2 N–H and O–H groups in total. The lowest BCUT2D eigenvalue weighted by Crippen LogP contribution is -2.24. The summed E-state index contributed by atoms with van der Waals surface area (Å²) in [6, 6.07) is 15.1. The number of fused-ring (bicyclic) bond motifs is 1. The Balaban J connectivity index is 1.64. The first-order valence-electron chi connectivity index (χ1n) is 8.57. The van der Waals surface area contributed by atoms with E-state index in [1.807, 2.05) is 42.5 Å². The van der Waals surface area contributed by atoms with Crippen molar-refractivity contribution in [3.8, 4) is 5.75 Å². The van der Waals surface area contributed by atoms with Gasteiger partial charge in [0.2, 0.25) is 0 Å². The van der Waals surface area contributed by atoms with Gasteiger partial charge in [-0.1, -0.05) is 38.1 Å². The fourth-order valence-corrected chi connectivity index (χ4v) is 2.53. The van der Waals surface area contributed by atoms with Crippen LogP contribution < -0.4 is 10.1 Å². The fraction of sp³-hybridized carbons (Fsp3) is 0.300. The summed E-state index contributed by atoms with van der Waals surface area (Å²) in [6.07, 6.45) is 0.953. The second-order valence-electron chi connectivity index (χ2n) is 6.41. The lowest BCUT2D eigenvalue weighted by atomic mass is 10.1. The van der Waals surface area contributed by atoms with Crippen molar-refractivity contribution in [3.05, 3.63) is 59.9 Å². The number of hydrogen-bond acceptors (Lipinski definition) is 3. The molecule has 2 aromatic carbocycles. The molecule has 130 valence electrons. The molecule has 0 saturated carbocycles. The molecule has 5 heteroatoms. The summed E-state index contributed by atoms with van der Waals surface area (Å²) in [5, 5.41) is 2.90. The third kappa shape index (κ3) is 4.38. The number of aromatic amines is 1. The van der Waals surface area contributed by atoms with Crippen molar-refractivity contribution in [1.29, 1.82) is 0 Å². The van der Waals surface area contributed by atoms with E-state index in [0.717, 1.165) is 23.3 Å². The second-order valence-corrected chi connectivity index (χ2v) is 6.41. The van der Waals surface area contributed by atoms with Gasteiger partial charge in [-0.15, -0.1) is 0 Å². The van der Waals surface area contributed by atoms with Crippen molar-refractivity contribution in [2.45, 2.75) is 26.8 Å². The molecule has 0 radical (unpaired) electrons. The molecular formula is C20H23N3O2. The summed E-state index contributed by atoms with van der Waals surface area (Å²) >= 11 is 0. The van der Waals surface area contributed by atoms with Gasteiger partial charge in [-0.25, -0.2) is 4.98 Å². The molecule has 0 atom stereocenters. The van der Waals surface area contributed by atoms with Gasteiger partial charge in [0, 0.05) is 0 Å². The maximum Gasteiger partial charge on any atom is 0.255 e. The first-order valence-corrected chi connectivity index (χ1v) is 8.57. The van der Waals surface area contributed by atoms with Crippen LogP contribution in [0.3, 0.4) is 0 Å². The summed E-state index contributed by atoms with van der Waals surface area (Å²) in [6.45, 7) is 5.24. The monoisotopic (exact) mass is 337 g/mol. The van der Waals surface area contributed by atoms with E-state index < -0.39 is 0 Å². The zero-order valence-electron chi connectivity index (χ0n) is 14.6. The number of carbonyl (C=O) groups is 1. The number of H-pyrrole nitrogens is 1. The summed E-state index contributed by atoms with van der Waals surface area (Å²) in [7, 11) is 0. The highest BCUT2D eigenvalue weighted by molar-refractivity contribution is 5.96. The Morgan fingerprint density at radius 3 is 2.72 bits per heavy atom. The number of para-hydroxylation sites is 3. The van der Waals surface area contributed by atoms with Gasteiger partial charge in [0.1, 0.15) is 11.6 Å². The molecule has 0 unspecified atom stereocenters. The quantitative estimate of drug-likeness (QED) is 0.687. The van der Waals surface area contributed by atoms with Gasteiger partial charge in [-0.05, 0) is 36.6 Å². The number of amides is 1. The number of carbonyl (C=O) groups excluding carboxylic acids is 1. The van der Waals surface area contributed by atoms with E-state index >= 15 is 0 Å². The van der Waals surface area contributed by atoms with Crippen molar-refractivity contribution in [2.24, 2.45) is 5.92 Å². The Morgan fingerprint density at radius 2 is 1.92 bits per heavy atom. The van der Waals surface area contributed by atoms with Crippen LogP contribution in [0.4, 0.5) is 0 Å². The lowest BCUT2D eigenvalue weighted by molar-refractivity contribution is 0.0945. The molecule has 1 heterocycles. The van der Waals surface area contributed by atoms with Gasteiger partial charge in [-0.2, -0.15) is 0 Å². The van der Waals surface area contributed by atoms with Crippen LogP contribution in [-0.2, 0) is 6.54 Å². The average molecular weight is 337 g/mol. The van der Waals surface area contributed by atoms with Crippen LogP contribution in [0.2, 0.25) is 0 Å². The molecule has 3 rings (SSSR count). The van der Waals surface area contributed by atoms with Crippen molar-refractivity contribution in [3.63, 3.8) is 0 Å². The molecule has 1 aromatic heterocycles. The molecule has 3 aromatic rings. The Kier molecular flexibility index (Phi) is 5.33. The van der Waals surface area contributed by atoms with Crippen LogP contribution in [0.1, 0.15) is 36.5 Å². The summed E-state index contributed by atoms with van der Waals surface area (Å²) < 4.78 is 5.78. The Hall–Kier alpha value is -2.82. The Bertz CT molecular complexity index is 822. The van der Waals surface area contributed by atoms with Crippen LogP contribution in [0.25, 0.3) is 11.0 Å². The van der Waals surface area contributed by atoms with Crippen LogP contribution in [-0.4, -0.2) is 22.5 Å². The highest BCUT2D eigenvalue weighted by Gasteiger charge is 2.13. The fourth-order valence-electron chi connectivity index (χ4n) is 2.53. The number of nitrogens with zero attached hydrogens (tertiary/aromatic N) is 1. The number of nitrogens with one attached hydrogen (secondary N) is 2. The highest BCUT2D eigenvalue weighted by Crippen LogP contribution is 2.19. The highest BCUT2D eigenvalue weighted by atomic mass is 16.5. The van der Waals surface area contributed by atoms with Gasteiger partial charge in [0.05, 0.1) is 29.7 Å². The number of rotatable bonds is 7. The maximum absolute atomic E-state index is 12.5. The first kappa shape index (κ1) is 17.0. The average Bonchev–Trinajstić information content (AvgIpc) is 3.03. The van der Waals surface area contributed by atoms with Gasteiger partial charge in [0.15, 0.2) is 0 Å². The maximum atomic E-state index is 12.5. The van der Waals surface area contributed by atoms with Crippen molar-refractivity contribution in [1.82, 2.24) is 15.3 Å². The van der Waals surface area contributed by atoms with Gasteiger partial charge in [-0.3, -0.25) is 4.79 Å². The second kappa shape index (κ2) is 7.83. The minimum absolute atomic E-state index is 0.166. The molecule has 5 nitrogen and oxygen atoms in total. The Labute approximate surface area is 147 Å². The van der Waals surface area contributed by atoms with Gasteiger partial charge < -0.3 is 15.0 Å². The molecule has 0 bridgehead atoms. The summed E-state index contributed by atoms with van der Waals surface area (Å²) in [5.41, 5.74) is 2.40. The molecule has 0 aliphatic rings. The van der Waals surface area contributed by atoms with E-state index in [1.165, 1.54) is 0 Å². The number of imidazole rings is 1. The number of benzene rings is 2. The first-order chi connectivity index (χ1) is 12.1. The summed E-state index contributed by atoms with van der Waals surface area (Å²) in [4.78, 5) is 20.2. The third-order valence-electron chi connectivity index (χ3n) is 3.94. The van der Waals surface area contributed by atoms with Gasteiger partial charge in [0.25, 0.3) is 5.91 Å². The minimum Gasteiger partial charge on any atom is -0.493 e. The van der Waals surface area contributed by atoms with Crippen LogP contribution in [0.15, 0.2) is 48.5 Å². The van der Waals surface area contributed by atoms with Crippen LogP contribution >= 0.6 is 0 Å². The van der Waals surface area contributed by atoms with Crippen molar-refractivity contribution in [2.75, 3.05) is 6.61 Å². The number of ether oxygens (including phenoxy) is 1. The van der Waals surface area contributed by atoms with E-state index in [4.69, 9.17) is 4.74 Å². The third-order valence-corrected chi connectivity index (χ3v) is 3.94. The van der Waals surface area contributed by atoms with Crippen LogP contribution in [0, 0.1) is 5.92 Å². The SMILES string of the molecule is CC(C)CCOc1ccccc1C(=O)NCc1nc2ccccc2[nH]1. The molecule has 0 aliphatic carbocycles. The predicted octanol–water partition coefficient (Wildman–Crippen LogP) is 3.92. The molecule has 0 spiro atoms. The molecule has 25 heavy (non-hydrogen) atoms. The van der Waals surface area contributed by atoms with E-state index in [1.54, 1.807) is 6.07 Å². The standard InChI is InChI=1S/C20H23N3O2/c1-14(2)11-12-25-18-10-6-3-7-15(18)20(24)21-13-19-22-16-8-4-5-9-17(16)23-19/h3-10,14H,11-13H2,1-2H3,(H,21,24)(H,22,23). The zero-order valence-corrected chi connectivity index (χ0v) is 14.6. The molecule has 0 aliphatic heterocycles. The van der Waals surface area contributed by atoms with E-state index in [-0.39, 0.29) is 5.91 Å². The van der Waals surface area contributed by atoms with E-state index in [9.17, 15) is 4.79 Å². The molecule has 1 amide bonds. The minimum atomic E-state index is -0.166. The lowest BCUT2D eigenvalue weighted by Gasteiger charge is -2.12. The Morgan fingerprint density at radius 1 is 1.16 bits per heavy atom. The summed E-state index contributed by atoms with van der Waals surface area (Å²) in [5.74, 6) is 1.74. The number of aromatic nitrogens is 2. The van der Waals surface area contributed by atoms with E-state index in [2.05, 4.69) is 29.1 Å². The largest absolute Gasteiger partial charge is 0.493 e. The predicted molar refractivity (Wildman–Crippen MR) is 98.7 cm³/mol. The van der Waals surface area contributed by atoms with E-state index in [0.29, 0.717) is 30.4 Å². The molecule has 0 fully saturated rings. The molecule has 0 saturated heterocycles. The number of hydrogen-bond donors (Lipinski definition) is 2. The topological polar surface area (TPSA) is 67.0 Å². The smallest absolute Gasteiger partial charge is 0.255 e. The van der Waals surface area contributed by atoms with Crippen molar-refractivity contribution < 1.29 is 9.53 Å².